The van der Waals surface area contributed by atoms with Crippen LogP contribution in [0.4, 0.5) is 0 Å². The lowest BCUT2D eigenvalue weighted by molar-refractivity contribution is 1.57. The molecule has 0 nitrogen and oxygen atoms in total. The summed E-state index contributed by atoms with van der Waals surface area (Å²) in [6.45, 7) is 0. The third-order valence-electron chi connectivity index (χ3n) is 3.03. The largest absolute Gasteiger partial charge is 0.0886 e. The maximum Gasteiger partial charge on any atom is 0.0886 e. The van der Waals surface area contributed by atoms with E-state index in [2.05, 4.69) is 99.8 Å². The number of hydrogen-bond acceptors (Lipinski definition) is 0. The van der Waals surface area contributed by atoms with Crippen molar-refractivity contribution in [1.29, 1.82) is 0 Å². The first-order valence-electron chi connectivity index (χ1n) is 5.46. The summed E-state index contributed by atoms with van der Waals surface area (Å²) in [4.78, 5) is 0. The van der Waals surface area contributed by atoms with Crippen LogP contribution in [-0.4, -0.2) is 0 Å². The van der Waals surface area contributed by atoms with Gasteiger partial charge in [0.2, 0.25) is 0 Å². The Morgan fingerprint density at radius 3 is 1.65 bits per heavy atom. The van der Waals surface area contributed by atoms with Crippen LogP contribution in [-0.2, 0) is 0 Å². The van der Waals surface area contributed by atoms with Crippen LogP contribution in [0, 0.1) is 0 Å². The molecule has 0 saturated carbocycles. The Balaban J connectivity index is 2.56. The lowest BCUT2D eigenvalue weighted by Gasteiger charge is -2.12. The Morgan fingerprint density at radius 1 is 0.706 bits per heavy atom. The van der Waals surface area contributed by atoms with Gasteiger partial charge in [0.25, 0.3) is 0 Å². The predicted molar refractivity (Wildman–Crippen MR) is 92.2 cm³/mol. The molecule has 84 valence electrons. The number of fused-ring (bicyclic) bond motifs is 2. The molecular formula is C15H10I2. The molecule has 0 radical (unpaired) electrons. The maximum absolute atomic E-state index is 2.49. The molecule has 3 aromatic rings. The number of rotatable bonds is 1. The Morgan fingerprint density at radius 2 is 1.18 bits per heavy atom. The van der Waals surface area contributed by atoms with Gasteiger partial charge in [-0.3, -0.25) is 0 Å². The van der Waals surface area contributed by atoms with Gasteiger partial charge in [-0.05, 0) is 33.2 Å². The molecule has 3 rings (SSSR count). The first kappa shape index (κ1) is 11.7. The van der Waals surface area contributed by atoms with Gasteiger partial charge < -0.3 is 0 Å². The minimum absolute atomic E-state index is 0.487. The molecule has 0 spiro atoms. The Kier molecular flexibility index (Phi) is 3.25. The van der Waals surface area contributed by atoms with E-state index in [9.17, 15) is 0 Å². The number of alkyl halides is 2. The standard InChI is InChI=1S/C15H10I2/c16-15(17)14-12-7-3-1-5-10(12)9-11-6-2-4-8-13(11)14/h1-9,15H. The molecule has 0 N–H and O–H groups in total. The summed E-state index contributed by atoms with van der Waals surface area (Å²) in [5.74, 6) is 0. The summed E-state index contributed by atoms with van der Waals surface area (Å²) < 4.78 is 0.487. The van der Waals surface area contributed by atoms with E-state index in [0.29, 0.717) is 1.93 Å². The van der Waals surface area contributed by atoms with Crippen molar-refractivity contribution in [1.82, 2.24) is 0 Å². The van der Waals surface area contributed by atoms with Crippen molar-refractivity contribution in [3.05, 3.63) is 60.2 Å². The second kappa shape index (κ2) is 4.72. The van der Waals surface area contributed by atoms with E-state index in [1.54, 1.807) is 0 Å². The second-order valence-corrected chi connectivity index (χ2v) is 8.91. The lowest BCUT2D eigenvalue weighted by atomic mass is 9.98. The van der Waals surface area contributed by atoms with Gasteiger partial charge in [-0.25, -0.2) is 0 Å². The van der Waals surface area contributed by atoms with Crippen LogP contribution in [0.5, 0.6) is 0 Å². The number of halogens is 2. The molecule has 2 heteroatoms. The third-order valence-corrected chi connectivity index (χ3v) is 4.28. The molecule has 0 unspecified atom stereocenters. The highest BCUT2D eigenvalue weighted by atomic mass is 127. The zero-order valence-electron chi connectivity index (χ0n) is 9.03. The first-order chi connectivity index (χ1) is 8.27. The lowest BCUT2D eigenvalue weighted by Crippen LogP contribution is -1.87. The van der Waals surface area contributed by atoms with Gasteiger partial charge >= 0.3 is 0 Å². The average Bonchev–Trinajstić information content (AvgIpc) is 2.35. The molecule has 0 bridgehead atoms. The summed E-state index contributed by atoms with van der Waals surface area (Å²) in [5.41, 5.74) is 1.44. The molecule has 0 aliphatic heterocycles. The molecule has 0 saturated heterocycles. The number of hydrogen-bond donors (Lipinski definition) is 0. The fourth-order valence-electron chi connectivity index (χ4n) is 2.28. The van der Waals surface area contributed by atoms with E-state index in [4.69, 9.17) is 0 Å². The van der Waals surface area contributed by atoms with Crippen molar-refractivity contribution >= 4 is 66.7 Å². The normalized spacial score (nSPS) is 11.5. The zero-order chi connectivity index (χ0) is 11.8. The van der Waals surface area contributed by atoms with E-state index >= 15 is 0 Å². The van der Waals surface area contributed by atoms with Crippen LogP contribution in [0.15, 0.2) is 54.6 Å². The Bertz CT molecular complexity index is 633. The molecule has 0 heterocycles. The van der Waals surface area contributed by atoms with Crippen LogP contribution < -0.4 is 0 Å². The van der Waals surface area contributed by atoms with E-state index in [1.807, 2.05) is 0 Å². The van der Waals surface area contributed by atoms with Crippen LogP contribution in [0.1, 0.15) is 7.49 Å². The molecule has 17 heavy (non-hydrogen) atoms. The molecule has 3 aromatic carbocycles. The molecule has 0 amide bonds. The summed E-state index contributed by atoms with van der Waals surface area (Å²) in [5, 5.41) is 5.42. The average molecular weight is 444 g/mol. The van der Waals surface area contributed by atoms with Crippen LogP contribution in [0.3, 0.4) is 0 Å². The highest BCUT2D eigenvalue weighted by molar-refractivity contribution is 14.2. The van der Waals surface area contributed by atoms with Gasteiger partial charge in [-0.2, -0.15) is 0 Å². The molecule has 0 aromatic heterocycles. The van der Waals surface area contributed by atoms with Gasteiger partial charge in [0.05, 0.1) is 1.93 Å². The van der Waals surface area contributed by atoms with Gasteiger partial charge in [0.15, 0.2) is 0 Å². The number of benzene rings is 3. The van der Waals surface area contributed by atoms with Crippen molar-refractivity contribution in [2.45, 2.75) is 1.93 Å². The molecule has 0 atom stereocenters. The minimum Gasteiger partial charge on any atom is -0.0656 e. The summed E-state index contributed by atoms with van der Waals surface area (Å²) in [6.07, 6.45) is 0. The van der Waals surface area contributed by atoms with Crippen molar-refractivity contribution in [2.24, 2.45) is 0 Å². The third kappa shape index (κ3) is 2.05. The van der Waals surface area contributed by atoms with Crippen molar-refractivity contribution < 1.29 is 0 Å². The smallest absolute Gasteiger partial charge is 0.0656 e. The maximum atomic E-state index is 2.49. The van der Waals surface area contributed by atoms with Crippen molar-refractivity contribution in [3.63, 3.8) is 0 Å². The van der Waals surface area contributed by atoms with E-state index in [0.717, 1.165) is 0 Å². The SMILES string of the molecule is IC(I)c1c2ccccc2cc2ccccc12. The fraction of sp³-hybridized carbons (Fsp3) is 0.0667. The zero-order valence-corrected chi connectivity index (χ0v) is 13.3. The summed E-state index contributed by atoms with van der Waals surface area (Å²) in [6, 6.07) is 19.6. The van der Waals surface area contributed by atoms with Crippen LogP contribution >= 0.6 is 45.2 Å². The van der Waals surface area contributed by atoms with Crippen molar-refractivity contribution in [3.8, 4) is 0 Å². The van der Waals surface area contributed by atoms with Gasteiger partial charge in [0.1, 0.15) is 0 Å². The highest BCUT2D eigenvalue weighted by Crippen LogP contribution is 2.40. The van der Waals surface area contributed by atoms with Crippen molar-refractivity contribution in [2.75, 3.05) is 0 Å². The molecular weight excluding hydrogens is 434 g/mol. The predicted octanol–water partition coefficient (Wildman–Crippen LogP) is 5.86. The highest BCUT2D eigenvalue weighted by Gasteiger charge is 2.11. The fourth-order valence-corrected chi connectivity index (χ4v) is 3.63. The van der Waals surface area contributed by atoms with Gasteiger partial charge in [0, 0.05) is 0 Å². The van der Waals surface area contributed by atoms with Crippen LogP contribution in [0.2, 0.25) is 0 Å². The monoisotopic (exact) mass is 444 g/mol. The van der Waals surface area contributed by atoms with Gasteiger partial charge in [-0.15, -0.1) is 0 Å². The molecule has 0 aliphatic rings. The minimum atomic E-state index is 0.487. The van der Waals surface area contributed by atoms with E-state index < -0.39 is 0 Å². The topological polar surface area (TPSA) is 0 Å². The Labute approximate surface area is 128 Å². The molecule has 0 aliphatic carbocycles. The molecule has 0 fully saturated rings. The quantitative estimate of drug-likeness (QED) is 0.251. The van der Waals surface area contributed by atoms with Crippen LogP contribution in [0.25, 0.3) is 21.5 Å². The van der Waals surface area contributed by atoms with E-state index in [-0.39, 0.29) is 0 Å². The second-order valence-electron chi connectivity index (χ2n) is 4.03. The summed E-state index contributed by atoms with van der Waals surface area (Å²) >= 11 is 4.98. The van der Waals surface area contributed by atoms with E-state index in [1.165, 1.54) is 27.1 Å². The Hall–Kier alpha value is -0.360. The summed E-state index contributed by atoms with van der Waals surface area (Å²) in [7, 11) is 0. The van der Waals surface area contributed by atoms with Gasteiger partial charge in [-0.1, -0.05) is 93.7 Å². The first-order valence-corrected chi connectivity index (χ1v) is 7.95.